The van der Waals surface area contributed by atoms with E-state index < -0.39 is 14.0 Å². The van der Waals surface area contributed by atoms with Crippen LogP contribution in [0, 0.1) is 0 Å². The van der Waals surface area contributed by atoms with Crippen LogP contribution in [0.2, 0.25) is 25.7 Å². The summed E-state index contributed by atoms with van der Waals surface area (Å²) in [4.78, 5) is 15.9. The summed E-state index contributed by atoms with van der Waals surface area (Å²) < 4.78 is 12.1. The first kappa shape index (κ1) is 17.4. The molecule has 2 aromatic rings. The highest BCUT2D eigenvalue weighted by Gasteiger charge is 2.17. The van der Waals surface area contributed by atoms with Crippen molar-refractivity contribution in [1.29, 1.82) is 0 Å². The van der Waals surface area contributed by atoms with Gasteiger partial charge >= 0.3 is 5.97 Å². The van der Waals surface area contributed by atoms with E-state index in [0.29, 0.717) is 18.0 Å². The van der Waals surface area contributed by atoms with Gasteiger partial charge in [0.15, 0.2) is 0 Å². The van der Waals surface area contributed by atoms with Crippen molar-refractivity contribution < 1.29 is 14.3 Å². The number of nitrogens with zero attached hydrogens (tertiary/aromatic N) is 3. The number of aromatic nitrogens is 3. The molecule has 0 amide bonds. The quantitative estimate of drug-likeness (QED) is 0.443. The van der Waals surface area contributed by atoms with Gasteiger partial charge in [0.05, 0.1) is 12.8 Å². The minimum Gasteiger partial charge on any atom is -0.464 e. The molecule has 0 aliphatic heterocycles. The summed E-state index contributed by atoms with van der Waals surface area (Å²) in [5, 5.41) is 4.46. The Kier molecular flexibility index (Phi) is 5.67. The van der Waals surface area contributed by atoms with Crippen LogP contribution in [0.1, 0.15) is 10.5 Å². The molecule has 0 saturated carbocycles. The highest BCUT2D eigenvalue weighted by molar-refractivity contribution is 6.76. The number of methoxy groups -OCH3 is 1. The number of pyridine rings is 1. The lowest BCUT2D eigenvalue weighted by Crippen LogP contribution is -2.22. The third-order valence-electron chi connectivity index (χ3n) is 3.36. The van der Waals surface area contributed by atoms with E-state index in [1.807, 2.05) is 12.1 Å². The average molecular weight is 333 g/mol. The zero-order valence-corrected chi connectivity index (χ0v) is 15.1. The van der Waals surface area contributed by atoms with Crippen LogP contribution in [0.15, 0.2) is 30.6 Å². The van der Waals surface area contributed by atoms with Crippen molar-refractivity contribution in [2.75, 3.05) is 13.7 Å². The summed E-state index contributed by atoms with van der Waals surface area (Å²) in [6.45, 7) is 7.80. The maximum Gasteiger partial charge on any atom is 0.356 e. The van der Waals surface area contributed by atoms with Crippen molar-refractivity contribution >= 4 is 14.0 Å². The molecule has 0 atom stereocenters. The van der Waals surface area contributed by atoms with Crippen LogP contribution >= 0.6 is 0 Å². The van der Waals surface area contributed by atoms with Gasteiger partial charge in [-0.25, -0.2) is 9.48 Å². The first-order valence-electron chi connectivity index (χ1n) is 7.55. The summed E-state index contributed by atoms with van der Waals surface area (Å²) in [5.41, 5.74) is 1.97. The minimum absolute atomic E-state index is 0.236. The molecule has 6 nitrogen and oxygen atoms in total. The van der Waals surface area contributed by atoms with Crippen molar-refractivity contribution in [2.45, 2.75) is 32.4 Å². The highest BCUT2D eigenvalue weighted by atomic mass is 28.3. The van der Waals surface area contributed by atoms with Crippen LogP contribution in [-0.4, -0.2) is 42.5 Å². The molecule has 0 unspecified atom stereocenters. The van der Waals surface area contributed by atoms with E-state index in [4.69, 9.17) is 9.47 Å². The molecule has 0 fully saturated rings. The molecule has 0 aliphatic carbocycles. The van der Waals surface area contributed by atoms with Gasteiger partial charge in [0.25, 0.3) is 0 Å². The van der Waals surface area contributed by atoms with Crippen molar-refractivity contribution in [2.24, 2.45) is 0 Å². The number of carbonyl (C=O) groups is 1. The van der Waals surface area contributed by atoms with Crippen molar-refractivity contribution in [3.63, 3.8) is 0 Å². The first-order chi connectivity index (χ1) is 10.9. The summed E-state index contributed by atoms with van der Waals surface area (Å²) in [6, 6.07) is 6.47. The van der Waals surface area contributed by atoms with Crippen LogP contribution < -0.4 is 0 Å². The fourth-order valence-electron chi connectivity index (χ4n) is 1.98. The number of esters is 1. The molecule has 0 saturated heterocycles. The largest absolute Gasteiger partial charge is 0.464 e. The predicted octanol–water partition coefficient (Wildman–Crippen LogP) is 3.04. The molecule has 7 heteroatoms. The maximum absolute atomic E-state index is 11.9. The molecule has 23 heavy (non-hydrogen) atoms. The number of ether oxygens (including phenoxy) is 2. The van der Waals surface area contributed by atoms with Crippen molar-refractivity contribution in [3.05, 3.63) is 36.3 Å². The SMILES string of the molecule is COC(=O)c1cc(-c2ccncc2)nn1COCC[Si](C)(C)C. The zero-order chi connectivity index (χ0) is 16.9. The standard InChI is InChI=1S/C16H23N3O3Si/c1-21-16(20)15-11-14(13-5-7-17-8-6-13)18-19(15)12-22-9-10-23(2,3)4/h5-8,11H,9-10,12H2,1-4H3. The van der Waals surface area contributed by atoms with Crippen LogP contribution in [-0.2, 0) is 16.2 Å². The van der Waals surface area contributed by atoms with Gasteiger partial charge in [0, 0.05) is 32.6 Å². The van der Waals surface area contributed by atoms with Crippen molar-refractivity contribution in [3.8, 4) is 11.3 Å². The predicted molar refractivity (Wildman–Crippen MR) is 90.9 cm³/mol. The first-order valence-corrected chi connectivity index (χ1v) is 11.3. The zero-order valence-electron chi connectivity index (χ0n) is 14.1. The number of hydrogen-bond donors (Lipinski definition) is 0. The van der Waals surface area contributed by atoms with E-state index in [0.717, 1.165) is 11.6 Å². The lowest BCUT2D eigenvalue weighted by molar-refractivity contribution is 0.0518. The molecular weight excluding hydrogens is 310 g/mol. The van der Waals surface area contributed by atoms with E-state index in [1.165, 1.54) is 7.11 Å². The van der Waals surface area contributed by atoms with E-state index in [9.17, 15) is 4.79 Å². The summed E-state index contributed by atoms with van der Waals surface area (Å²) in [6.07, 6.45) is 3.38. The Balaban J connectivity index is 2.14. The fraction of sp³-hybridized carbons (Fsp3) is 0.438. The van der Waals surface area contributed by atoms with E-state index in [-0.39, 0.29) is 6.73 Å². The van der Waals surface area contributed by atoms with Crippen LogP contribution in [0.5, 0.6) is 0 Å². The molecule has 2 rings (SSSR count). The van der Waals surface area contributed by atoms with Gasteiger partial charge in [-0.2, -0.15) is 5.10 Å². The van der Waals surface area contributed by atoms with E-state index in [1.54, 1.807) is 23.1 Å². The Labute approximate surface area is 137 Å². The molecule has 0 N–H and O–H groups in total. The van der Waals surface area contributed by atoms with Crippen LogP contribution in [0.3, 0.4) is 0 Å². The van der Waals surface area contributed by atoms with Gasteiger partial charge in [0.2, 0.25) is 0 Å². The normalized spacial score (nSPS) is 11.5. The lowest BCUT2D eigenvalue weighted by Gasteiger charge is -2.15. The second-order valence-electron chi connectivity index (χ2n) is 6.49. The van der Waals surface area contributed by atoms with Gasteiger partial charge < -0.3 is 9.47 Å². The minimum atomic E-state index is -1.14. The molecular formula is C16H23N3O3Si. The molecule has 2 heterocycles. The Morgan fingerprint density at radius 1 is 1.26 bits per heavy atom. The van der Waals surface area contributed by atoms with Gasteiger partial charge in [-0.3, -0.25) is 4.98 Å². The van der Waals surface area contributed by atoms with Gasteiger partial charge in [-0.1, -0.05) is 19.6 Å². The van der Waals surface area contributed by atoms with Crippen LogP contribution in [0.4, 0.5) is 0 Å². The van der Waals surface area contributed by atoms with E-state index in [2.05, 4.69) is 29.7 Å². The Bertz CT molecular complexity index is 650. The smallest absolute Gasteiger partial charge is 0.356 e. The van der Waals surface area contributed by atoms with E-state index >= 15 is 0 Å². The summed E-state index contributed by atoms with van der Waals surface area (Å²) in [7, 11) is 0.221. The number of rotatable bonds is 7. The summed E-state index contributed by atoms with van der Waals surface area (Å²) in [5.74, 6) is -0.424. The Hall–Kier alpha value is -1.99. The van der Waals surface area contributed by atoms with Gasteiger partial charge in [0.1, 0.15) is 12.4 Å². The van der Waals surface area contributed by atoms with Crippen LogP contribution in [0.25, 0.3) is 11.3 Å². The third kappa shape index (κ3) is 5.00. The molecule has 124 valence electrons. The van der Waals surface area contributed by atoms with Gasteiger partial charge in [-0.15, -0.1) is 0 Å². The molecule has 0 spiro atoms. The molecule has 0 aromatic carbocycles. The lowest BCUT2D eigenvalue weighted by atomic mass is 10.2. The van der Waals surface area contributed by atoms with Crippen molar-refractivity contribution in [1.82, 2.24) is 14.8 Å². The molecule has 2 aromatic heterocycles. The second kappa shape index (κ2) is 7.52. The fourth-order valence-corrected chi connectivity index (χ4v) is 2.73. The average Bonchev–Trinajstić information content (AvgIpc) is 2.95. The molecule has 0 bridgehead atoms. The Morgan fingerprint density at radius 3 is 2.57 bits per heavy atom. The number of hydrogen-bond acceptors (Lipinski definition) is 5. The molecule has 0 radical (unpaired) electrons. The molecule has 0 aliphatic rings. The Morgan fingerprint density at radius 2 is 1.96 bits per heavy atom. The summed E-state index contributed by atoms with van der Waals surface area (Å²) >= 11 is 0. The third-order valence-corrected chi connectivity index (χ3v) is 5.06. The second-order valence-corrected chi connectivity index (χ2v) is 12.1. The monoisotopic (exact) mass is 333 g/mol. The topological polar surface area (TPSA) is 66.2 Å². The highest BCUT2D eigenvalue weighted by Crippen LogP contribution is 2.19. The van der Waals surface area contributed by atoms with Gasteiger partial charge in [-0.05, 0) is 24.2 Å². The maximum atomic E-state index is 11.9. The number of carbonyl (C=O) groups excluding carboxylic acids is 1.